The standard InChI is InChI=1S/C60H86S6/c1-7-9-11-13-15-17-19-21-23-25-27-29-31-33-35-37-47-46(6)62-59-52-44(4)55-53(45(5)54(52)64-57(47)59)60-58(65-55)48(56(66-60)51-42-41-50(63-51)49-40-39-43(3)61-49)38-36-34-32-30-28-26-24-22-20-18-16-14-12-10-8-2/h39-42H,7-38H2,1-6H3. The Labute approximate surface area is 426 Å². The molecular weight excluding hydrogens is 913 g/mol. The second-order valence-electron chi connectivity index (χ2n) is 20.2. The minimum atomic E-state index is 1.20. The van der Waals surface area contributed by atoms with Crippen molar-refractivity contribution in [3.8, 4) is 19.5 Å². The molecule has 0 aliphatic heterocycles. The van der Waals surface area contributed by atoms with E-state index in [1.807, 2.05) is 22.7 Å². The van der Waals surface area contributed by atoms with Crippen LogP contribution >= 0.6 is 68.0 Å². The summed E-state index contributed by atoms with van der Waals surface area (Å²) >= 11 is 12.4. The maximum atomic E-state index is 2.47. The molecular formula is C60H86S6. The summed E-state index contributed by atoms with van der Waals surface area (Å²) in [6, 6.07) is 9.43. The lowest BCUT2D eigenvalue weighted by atomic mass is 10.0. The molecule has 1 aromatic carbocycles. The average molecular weight is 1000 g/mol. The summed E-state index contributed by atoms with van der Waals surface area (Å²) in [6.45, 7) is 14.2. The van der Waals surface area contributed by atoms with E-state index < -0.39 is 0 Å². The van der Waals surface area contributed by atoms with Gasteiger partial charge in [0, 0.05) is 54.1 Å². The van der Waals surface area contributed by atoms with Gasteiger partial charge in [0.25, 0.3) is 0 Å². The normalized spacial score (nSPS) is 12.2. The van der Waals surface area contributed by atoms with E-state index in [0.29, 0.717) is 0 Å². The van der Waals surface area contributed by atoms with Crippen LogP contribution in [0.4, 0.5) is 0 Å². The highest BCUT2D eigenvalue weighted by atomic mass is 32.1. The van der Waals surface area contributed by atoms with Gasteiger partial charge >= 0.3 is 0 Å². The number of hydrogen-bond acceptors (Lipinski definition) is 6. The van der Waals surface area contributed by atoms with Crippen molar-refractivity contribution in [1.82, 2.24) is 0 Å². The van der Waals surface area contributed by atoms with Crippen LogP contribution in [-0.4, -0.2) is 0 Å². The summed E-state index contributed by atoms with van der Waals surface area (Å²) in [7, 11) is 0. The van der Waals surface area contributed by atoms with Gasteiger partial charge in [-0.1, -0.05) is 194 Å². The lowest BCUT2D eigenvalue weighted by Gasteiger charge is -2.06. The van der Waals surface area contributed by atoms with E-state index in [2.05, 4.69) is 111 Å². The van der Waals surface area contributed by atoms with Crippen molar-refractivity contribution in [3.63, 3.8) is 0 Å². The molecule has 0 fully saturated rings. The smallest absolute Gasteiger partial charge is 0.0542 e. The molecule has 0 radical (unpaired) electrons. The lowest BCUT2D eigenvalue weighted by Crippen LogP contribution is -1.87. The molecule has 6 heterocycles. The third-order valence-electron chi connectivity index (χ3n) is 14.7. The van der Waals surface area contributed by atoms with Crippen LogP contribution in [0, 0.1) is 27.7 Å². The summed E-state index contributed by atoms with van der Waals surface area (Å²) in [4.78, 5) is 8.83. The highest BCUT2D eigenvalue weighted by Gasteiger charge is 2.26. The van der Waals surface area contributed by atoms with Gasteiger partial charge in [0.15, 0.2) is 0 Å². The van der Waals surface area contributed by atoms with Gasteiger partial charge in [0.2, 0.25) is 0 Å². The fraction of sp³-hybridized carbons (Fsp3) is 0.633. The van der Waals surface area contributed by atoms with Crippen LogP contribution in [0.1, 0.15) is 238 Å². The molecule has 66 heavy (non-hydrogen) atoms. The Morgan fingerprint density at radius 1 is 0.303 bits per heavy atom. The molecule has 0 spiro atoms. The zero-order chi connectivity index (χ0) is 46.1. The molecule has 362 valence electrons. The molecule has 0 amide bonds. The zero-order valence-corrected chi connectivity index (χ0v) is 47.3. The molecule has 0 bridgehead atoms. The van der Waals surface area contributed by atoms with Gasteiger partial charge in [0.05, 0.1) is 14.1 Å². The number of hydrogen-bond donors (Lipinski definition) is 0. The Kier molecular flexibility index (Phi) is 22.0. The Morgan fingerprint density at radius 2 is 0.667 bits per heavy atom. The molecule has 7 aromatic rings. The Hall–Kier alpha value is -1.54. The van der Waals surface area contributed by atoms with Crippen molar-refractivity contribution >= 4 is 107 Å². The van der Waals surface area contributed by atoms with Crippen LogP contribution in [0.2, 0.25) is 0 Å². The Bertz CT molecular complexity index is 2480. The molecule has 0 saturated heterocycles. The number of aryl methyl sites for hydroxylation is 6. The second-order valence-corrected chi connectivity index (χ2v) is 26.9. The topological polar surface area (TPSA) is 0 Å². The number of thiophene rings is 6. The van der Waals surface area contributed by atoms with Crippen molar-refractivity contribution in [3.05, 3.63) is 56.3 Å². The van der Waals surface area contributed by atoms with E-state index in [9.17, 15) is 0 Å². The first-order chi connectivity index (χ1) is 32.4. The van der Waals surface area contributed by atoms with E-state index in [1.54, 1.807) is 59.9 Å². The van der Waals surface area contributed by atoms with Gasteiger partial charge in [0.1, 0.15) is 0 Å². The van der Waals surface area contributed by atoms with Crippen LogP contribution < -0.4 is 0 Å². The third kappa shape index (κ3) is 13.9. The maximum absolute atomic E-state index is 2.47. The first-order valence-corrected chi connectivity index (χ1v) is 32.3. The summed E-state index contributed by atoms with van der Waals surface area (Å²) in [5.74, 6) is 0. The number of rotatable bonds is 34. The van der Waals surface area contributed by atoms with Crippen LogP contribution in [0.25, 0.3) is 58.5 Å². The first-order valence-electron chi connectivity index (χ1n) is 27.4. The minimum absolute atomic E-state index is 1.20. The quantitative estimate of drug-likeness (QED) is 0.0353. The van der Waals surface area contributed by atoms with Gasteiger partial charge in [-0.15, -0.1) is 68.0 Å². The number of fused-ring (bicyclic) bond motifs is 6. The predicted octanol–water partition coefficient (Wildman–Crippen LogP) is 24.1. The van der Waals surface area contributed by atoms with E-state index in [1.165, 1.54) is 236 Å². The van der Waals surface area contributed by atoms with Gasteiger partial charge in [-0.2, -0.15) is 0 Å². The van der Waals surface area contributed by atoms with Crippen molar-refractivity contribution in [1.29, 1.82) is 0 Å². The molecule has 0 aliphatic rings. The van der Waals surface area contributed by atoms with Gasteiger partial charge in [-0.25, -0.2) is 0 Å². The fourth-order valence-corrected chi connectivity index (χ4v) is 18.9. The third-order valence-corrected chi connectivity index (χ3v) is 22.6. The summed E-state index contributed by atoms with van der Waals surface area (Å²) < 4.78 is 9.46. The van der Waals surface area contributed by atoms with Crippen LogP contribution in [0.5, 0.6) is 0 Å². The molecule has 6 aromatic heterocycles. The van der Waals surface area contributed by atoms with Gasteiger partial charge in [-0.05, 0) is 99.9 Å². The molecule has 0 N–H and O–H groups in total. The van der Waals surface area contributed by atoms with Crippen molar-refractivity contribution in [2.75, 3.05) is 0 Å². The van der Waals surface area contributed by atoms with Crippen molar-refractivity contribution in [2.24, 2.45) is 0 Å². The Balaban J connectivity index is 0.985. The number of unbranched alkanes of at least 4 members (excludes halogenated alkanes) is 28. The van der Waals surface area contributed by atoms with Crippen LogP contribution in [0.15, 0.2) is 24.3 Å². The first kappa shape index (κ1) is 52.3. The van der Waals surface area contributed by atoms with Gasteiger partial charge < -0.3 is 0 Å². The van der Waals surface area contributed by atoms with Gasteiger partial charge in [-0.3, -0.25) is 0 Å². The maximum Gasteiger partial charge on any atom is 0.0542 e. The monoisotopic (exact) mass is 999 g/mol. The van der Waals surface area contributed by atoms with E-state index in [4.69, 9.17) is 0 Å². The molecule has 0 atom stereocenters. The number of benzene rings is 1. The van der Waals surface area contributed by atoms with Crippen LogP contribution in [-0.2, 0) is 12.8 Å². The summed E-state index contributed by atoms with van der Waals surface area (Å²) in [6.07, 6.45) is 45.1. The molecule has 0 unspecified atom stereocenters. The summed E-state index contributed by atoms with van der Waals surface area (Å²) in [5.41, 5.74) is 6.38. The largest absolute Gasteiger partial charge is 0.140 e. The molecule has 0 aliphatic carbocycles. The van der Waals surface area contributed by atoms with Crippen LogP contribution in [0.3, 0.4) is 0 Å². The molecule has 0 saturated carbocycles. The highest BCUT2D eigenvalue weighted by Crippen LogP contribution is 2.55. The minimum Gasteiger partial charge on any atom is -0.140 e. The summed E-state index contributed by atoms with van der Waals surface area (Å²) in [5, 5.41) is 3.14. The molecule has 6 heteroatoms. The molecule has 7 rings (SSSR count). The van der Waals surface area contributed by atoms with E-state index >= 15 is 0 Å². The zero-order valence-electron chi connectivity index (χ0n) is 42.4. The van der Waals surface area contributed by atoms with Crippen molar-refractivity contribution in [2.45, 2.75) is 247 Å². The van der Waals surface area contributed by atoms with E-state index in [0.717, 1.165) is 0 Å². The fourth-order valence-electron chi connectivity index (χ4n) is 10.7. The SMILES string of the molecule is CCCCCCCCCCCCCCCCCc1c(C)sc2c1sc1c(C)c3c(sc4c(CCCCCCCCCCCCCCCCC)c(-c5ccc(-c6ccc(C)s6)s5)sc43)c(C)c12. The predicted molar refractivity (Wildman–Crippen MR) is 311 cm³/mol. The highest BCUT2D eigenvalue weighted by molar-refractivity contribution is 7.36. The lowest BCUT2D eigenvalue weighted by molar-refractivity contribution is 0.532. The molecule has 0 nitrogen and oxygen atoms in total. The van der Waals surface area contributed by atoms with Crippen molar-refractivity contribution < 1.29 is 0 Å². The van der Waals surface area contributed by atoms with E-state index in [-0.39, 0.29) is 0 Å². The average Bonchev–Trinajstić information content (AvgIpc) is 4.18. The second kappa shape index (κ2) is 27.7. The Morgan fingerprint density at radius 3 is 1.11 bits per heavy atom.